The molecule has 3 aromatic rings. The predicted octanol–water partition coefficient (Wildman–Crippen LogP) is 5.37. The zero-order chi connectivity index (χ0) is 26.5. The van der Waals surface area contributed by atoms with E-state index in [0.29, 0.717) is 28.5 Å². The smallest absolute Gasteiger partial charge is 0.294 e. The lowest BCUT2D eigenvalue weighted by Gasteiger charge is -2.33. The number of benzene rings is 2. The Morgan fingerprint density at radius 2 is 1.65 bits per heavy atom. The van der Waals surface area contributed by atoms with Crippen molar-refractivity contribution in [2.24, 2.45) is 0 Å². The molecule has 1 saturated carbocycles. The van der Waals surface area contributed by atoms with Crippen LogP contribution in [0.1, 0.15) is 59.0 Å². The molecule has 1 atom stereocenters. The average molecular weight is 507 g/mol. The lowest BCUT2D eigenvalue weighted by atomic mass is 9.99. The van der Waals surface area contributed by atoms with E-state index in [4.69, 9.17) is 18.6 Å². The van der Waals surface area contributed by atoms with Crippen molar-refractivity contribution in [3.63, 3.8) is 0 Å². The van der Waals surface area contributed by atoms with Gasteiger partial charge >= 0.3 is 0 Å². The van der Waals surface area contributed by atoms with Gasteiger partial charge in [-0.1, -0.05) is 30.5 Å². The molecular weight excluding hydrogens is 472 g/mol. The number of hydrogen-bond donors (Lipinski definition) is 1. The molecule has 0 radical (unpaired) electrons. The second-order valence-corrected chi connectivity index (χ2v) is 9.29. The van der Waals surface area contributed by atoms with Gasteiger partial charge in [0.1, 0.15) is 6.04 Å². The molecule has 1 unspecified atom stereocenters. The molecule has 4 rings (SSSR count). The van der Waals surface area contributed by atoms with E-state index in [1.54, 1.807) is 24.3 Å². The topological polar surface area (TPSA) is 90.2 Å². The first-order valence-electron chi connectivity index (χ1n) is 12.4. The molecule has 8 heteroatoms. The molecule has 2 aromatic carbocycles. The van der Waals surface area contributed by atoms with Gasteiger partial charge in [0.05, 0.1) is 27.6 Å². The summed E-state index contributed by atoms with van der Waals surface area (Å²) in [5.41, 5.74) is 3.02. The predicted molar refractivity (Wildman–Crippen MR) is 141 cm³/mol. The first-order chi connectivity index (χ1) is 17.9. The van der Waals surface area contributed by atoms with Gasteiger partial charge in [0.15, 0.2) is 17.3 Å². The van der Waals surface area contributed by atoms with E-state index in [9.17, 15) is 9.59 Å². The van der Waals surface area contributed by atoms with E-state index < -0.39 is 11.9 Å². The molecule has 0 bridgehead atoms. The Labute approximate surface area is 217 Å². The number of aryl methyl sites for hydroxylation is 2. The van der Waals surface area contributed by atoms with Crippen LogP contribution in [0.25, 0.3) is 0 Å². The lowest BCUT2D eigenvalue weighted by molar-refractivity contribution is -0.123. The normalized spacial score (nSPS) is 14.2. The highest BCUT2D eigenvalue weighted by Crippen LogP contribution is 2.42. The van der Waals surface area contributed by atoms with Gasteiger partial charge < -0.3 is 23.9 Å². The third-order valence-corrected chi connectivity index (χ3v) is 6.77. The van der Waals surface area contributed by atoms with Crippen molar-refractivity contribution >= 4 is 17.5 Å². The molecule has 0 saturated heterocycles. The van der Waals surface area contributed by atoms with Gasteiger partial charge in [0, 0.05) is 11.7 Å². The van der Waals surface area contributed by atoms with Crippen molar-refractivity contribution in [3.05, 3.63) is 71.2 Å². The zero-order valence-corrected chi connectivity index (χ0v) is 22.0. The van der Waals surface area contributed by atoms with E-state index in [1.165, 1.54) is 32.5 Å². The van der Waals surface area contributed by atoms with Crippen molar-refractivity contribution in [2.45, 2.75) is 51.6 Å². The SMILES string of the molecule is COc1cc(C(C(=O)NC2CCCC2)N(C(=O)c2ccco2)c2ccc(C)cc2C)cc(OC)c1OC. The van der Waals surface area contributed by atoms with Gasteiger partial charge in [0.25, 0.3) is 5.91 Å². The quantitative estimate of drug-likeness (QED) is 0.420. The second kappa shape index (κ2) is 11.4. The molecule has 196 valence electrons. The minimum atomic E-state index is -1.03. The number of hydrogen-bond acceptors (Lipinski definition) is 6. The number of carbonyl (C=O) groups is 2. The minimum Gasteiger partial charge on any atom is -0.493 e. The summed E-state index contributed by atoms with van der Waals surface area (Å²) in [5.74, 6) is 0.589. The molecule has 8 nitrogen and oxygen atoms in total. The maximum Gasteiger partial charge on any atom is 0.294 e. The van der Waals surface area contributed by atoms with E-state index in [2.05, 4.69) is 5.32 Å². The summed E-state index contributed by atoms with van der Waals surface area (Å²) >= 11 is 0. The number of ether oxygens (including phenoxy) is 3. The Kier molecular flexibility index (Phi) is 8.06. The standard InChI is InChI=1S/C29H34N2O6/c1-18-12-13-22(19(2)15-18)31(29(33)23-11-8-14-37-23)26(28(32)30-21-9-6-7-10-21)20-16-24(34-3)27(36-5)25(17-20)35-4/h8,11-17,21,26H,6-7,9-10H2,1-5H3,(H,30,32). The molecule has 0 aliphatic heterocycles. The highest BCUT2D eigenvalue weighted by atomic mass is 16.5. The summed E-state index contributed by atoms with van der Waals surface area (Å²) in [5, 5.41) is 3.19. The Bertz CT molecular complexity index is 1220. The van der Waals surface area contributed by atoms with E-state index in [0.717, 1.165) is 36.8 Å². The molecule has 2 amide bonds. The van der Waals surface area contributed by atoms with Gasteiger partial charge in [0.2, 0.25) is 11.7 Å². The lowest BCUT2D eigenvalue weighted by Crippen LogP contribution is -2.46. The van der Waals surface area contributed by atoms with Crippen LogP contribution >= 0.6 is 0 Å². The van der Waals surface area contributed by atoms with Gasteiger partial charge in [-0.3, -0.25) is 14.5 Å². The average Bonchev–Trinajstić information content (AvgIpc) is 3.61. The summed E-state index contributed by atoms with van der Waals surface area (Å²) in [7, 11) is 4.56. The second-order valence-electron chi connectivity index (χ2n) is 9.29. The third kappa shape index (κ3) is 5.43. The fraction of sp³-hybridized carbons (Fsp3) is 0.379. The van der Waals surface area contributed by atoms with Crippen molar-refractivity contribution in [2.75, 3.05) is 26.2 Å². The monoisotopic (exact) mass is 506 g/mol. The van der Waals surface area contributed by atoms with Gasteiger partial charge in [-0.25, -0.2) is 0 Å². The Morgan fingerprint density at radius 1 is 0.973 bits per heavy atom. The van der Waals surface area contributed by atoms with Crippen LogP contribution in [0.2, 0.25) is 0 Å². The first kappa shape index (κ1) is 26.1. The Hall–Kier alpha value is -3.94. The van der Waals surface area contributed by atoms with E-state index >= 15 is 0 Å². The molecule has 1 fully saturated rings. The van der Waals surface area contributed by atoms with Crippen LogP contribution in [0, 0.1) is 13.8 Å². The molecule has 0 spiro atoms. The van der Waals surface area contributed by atoms with Crippen molar-refractivity contribution in [1.29, 1.82) is 0 Å². The van der Waals surface area contributed by atoms with E-state index in [1.807, 2.05) is 32.0 Å². The highest BCUT2D eigenvalue weighted by Gasteiger charge is 2.37. The van der Waals surface area contributed by atoms with Crippen LogP contribution in [-0.2, 0) is 4.79 Å². The molecule has 37 heavy (non-hydrogen) atoms. The number of amides is 2. The molecule has 1 aliphatic carbocycles. The van der Waals surface area contributed by atoms with Crippen molar-refractivity contribution < 1.29 is 28.2 Å². The maximum atomic E-state index is 14.1. The van der Waals surface area contributed by atoms with Gasteiger partial charge in [-0.2, -0.15) is 0 Å². The number of carbonyl (C=O) groups excluding carboxylic acids is 2. The van der Waals surface area contributed by atoms with E-state index in [-0.39, 0.29) is 17.7 Å². The van der Waals surface area contributed by atoms with Gasteiger partial charge in [-0.15, -0.1) is 0 Å². The first-order valence-corrected chi connectivity index (χ1v) is 12.4. The summed E-state index contributed by atoms with van der Waals surface area (Å²) < 4.78 is 22.2. The molecule has 1 heterocycles. The van der Waals surface area contributed by atoms with Crippen LogP contribution in [0.15, 0.2) is 53.1 Å². The summed E-state index contributed by atoms with van der Waals surface area (Å²) in [4.78, 5) is 29.6. The zero-order valence-electron chi connectivity index (χ0n) is 22.0. The fourth-order valence-electron chi connectivity index (χ4n) is 4.99. The largest absolute Gasteiger partial charge is 0.493 e. The number of methoxy groups -OCH3 is 3. The Morgan fingerprint density at radius 3 is 2.19 bits per heavy atom. The number of nitrogens with one attached hydrogen (secondary N) is 1. The number of nitrogens with zero attached hydrogens (tertiary/aromatic N) is 1. The summed E-state index contributed by atoms with van der Waals surface area (Å²) in [6, 6.07) is 11.5. The minimum absolute atomic E-state index is 0.0525. The van der Waals surface area contributed by atoms with Crippen LogP contribution in [0.5, 0.6) is 17.2 Å². The number of anilines is 1. The molecule has 1 aromatic heterocycles. The van der Waals surface area contributed by atoms with Crippen LogP contribution in [-0.4, -0.2) is 39.2 Å². The van der Waals surface area contributed by atoms with Crippen LogP contribution < -0.4 is 24.4 Å². The number of rotatable bonds is 9. The summed E-state index contributed by atoms with van der Waals surface area (Å²) in [6.07, 6.45) is 5.38. The third-order valence-electron chi connectivity index (χ3n) is 6.77. The molecule has 1 aliphatic rings. The maximum absolute atomic E-state index is 14.1. The van der Waals surface area contributed by atoms with Crippen molar-refractivity contribution in [1.82, 2.24) is 5.32 Å². The summed E-state index contributed by atoms with van der Waals surface area (Å²) in [6.45, 7) is 3.91. The molecule has 1 N–H and O–H groups in total. The van der Waals surface area contributed by atoms with Gasteiger partial charge in [-0.05, 0) is 68.1 Å². The van der Waals surface area contributed by atoms with Crippen molar-refractivity contribution in [3.8, 4) is 17.2 Å². The molecular formula is C29H34N2O6. The van der Waals surface area contributed by atoms with Crippen LogP contribution in [0.4, 0.5) is 5.69 Å². The highest BCUT2D eigenvalue weighted by molar-refractivity contribution is 6.09. The Balaban J connectivity index is 1.93. The fourth-order valence-corrected chi connectivity index (χ4v) is 4.99. The van der Waals surface area contributed by atoms with Crippen LogP contribution in [0.3, 0.4) is 0 Å². The number of furan rings is 1.